The van der Waals surface area contributed by atoms with Crippen LogP contribution in [0.3, 0.4) is 0 Å². The zero-order valence-corrected chi connectivity index (χ0v) is 18.6. The summed E-state index contributed by atoms with van der Waals surface area (Å²) in [7, 11) is 0.517. The first-order chi connectivity index (χ1) is 13.4. The lowest BCUT2D eigenvalue weighted by Gasteiger charge is -2.23. The topological polar surface area (TPSA) is 61.8 Å². The van der Waals surface area contributed by atoms with E-state index in [-0.39, 0.29) is 4.90 Å². The summed E-state index contributed by atoms with van der Waals surface area (Å²) in [6.07, 6.45) is 11.9. The average molecular weight is 408 g/mol. The Hall–Kier alpha value is -1.40. The van der Waals surface area contributed by atoms with E-state index in [1.165, 1.54) is 44.9 Å². The summed E-state index contributed by atoms with van der Waals surface area (Å²) in [6, 6.07) is 6.89. The fraction of sp³-hybridized carbons (Fsp3) is 0.682. The number of aryl methyl sites for hydroxylation is 1. The minimum atomic E-state index is -3.63. The number of nitrogens with zero attached hydrogens (tertiary/aromatic N) is 2. The van der Waals surface area contributed by atoms with Gasteiger partial charge in [-0.05, 0) is 52.4 Å². The van der Waals surface area contributed by atoms with Crippen LogP contribution in [0.15, 0.2) is 34.3 Å². The molecule has 0 aromatic heterocycles. The van der Waals surface area contributed by atoms with Crippen LogP contribution in [0.2, 0.25) is 0 Å². The number of benzene rings is 1. The second kappa shape index (κ2) is 11.6. The fourth-order valence-electron chi connectivity index (χ4n) is 3.80. The van der Waals surface area contributed by atoms with Crippen molar-refractivity contribution in [2.24, 2.45) is 11.0 Å². The summed E-state index contributed by atoms with van der Waals surface area (Å²) in [6.45, 7) is 2.85. The zero-order valence-electron chi connectivity index (χ0n) is 17.8. The molecule has 1 aliphatic carbocycles. The van der Waals surface area contributed by atoms with E-state index < -0.39 is 10.0 Å². The van der Waals surface area contributed by atoms with Crippen LogP contribution in [0.1, 0.15) is 69.8 Å². The minimum Gasteiger partial charge on any atom is -0.309 e. The number of hydrazone groups is 1. The molecule has 158 valence electrons. The minimum absolute atomic E-state index is 0.264. The number of nitrogens with one attached hydrogen (secondary N) is 1. The van der Waals surface area contributed by atoms with E-state index in [1.807, 2.05) is 19.1 Å². The van der Waals surface area contributed by atoms with E-state index in [1.54, 1.807) is 12.1 Å². The SMILES string of the molecule is Cc1ccc(S(=O)(=O)N/N=C2/CCCCCCCCCCC2CN(C)C)cc1. The summed E-state index contributed by atoms with van der Waals surface area (Å²) in [4.78, 5) is 4.97. The van der Waals surface area contributed by atoms with Gasteiger partial charge in [-0.25, -0.2) is 4.83 Å². The van der Waals surface area contributed by atoms with Crippen molar-refractivity contribution in [3.8, 4) is 0 Å². The molecular weight excluding hydrogens is 370 g/mol. The summed E-state index contributed by atoms with van der Waals surface area (Å²) >= 11 is 0. The van der Waals surface area contributed by atoms with Crippen LogP contribution < -0.4 is 4.83 Å². The van der Waals surface area contributed by atoms with Gasteiger partial charge in [-0.3, -0.25) is 0 Å². The van der Waals surface area contributed by atoms with Crippen molar-refractivity contribution < 1.29 is 8.42 Å². The van der Waals surface area contributed by atoms with E-state index in [0.29, 0.717) is 5.92 Å². The fourth-order valence-corrected chi connectivity index (χ4v) is 4.64. The van der Waals surface area contributed by atoms with E-state index in [2.05, 4.69) is 28.9 Å². The monoisotopic (exact) mass is 407 g/mol. The van der Waals surface area contributed by atoms with Gasteiger partial charge in [-0.1, -0.05) is 62.6 Å². The highest BCUT2D eigenvalue weighted by molar-refractivity contribution is 7.89. The molecule has 5 nitrogen and oxygen atoms in total. The van der Waals surface area contributed by atoms with Gasteiger partial charge >= 0.3 is 0 Å². The smallest absolute Gasteiger partial charge is 0.276 e. The largest absolute Gasteiger partial charge is 0.309 e. The number of hydrogen-bond acceptors (Lipinski definition) is 4. The highest BCUT2D eigenvalue weighted by Gasteiger charge is 2.19. The third-order valence-corrected chi connectivity index (χ3v) is 6.66. The molecule has 0 spiro atoms. The molecule has 1 aromatic carbocycles. The zero-order chi connectivity index (χ0) is 20.4. The second-order valence-electron chi connectivity index (χ2n) is 8.34. The summed E-state index contributed by atoms with van der Waals surface area (Å²) in [5.41, 5.74) is 2.04. The van der Waals surface area contributed by atoms with Crippen LogP contribution in [0.5, 0.6) is 0 Å². The van der Waals surface area contributed by atoms with Crippen molar-refractivity contribution >= 4 is 15.7 Å². The van der Waals surface area contributed by atoms with Crippen LogP contribution >= 0.6 is 0 Å². The van der Waals surface area contributed by atoms with Crippen LogP contribution in [0.25, 0.3) is 0 Å². The highest BCUT2D eigenvalue weighted by Crippen LogP contribution is 2.21. The predicted octanol–water partition coefficient (Wildman–Crippen LogP) is 4.72. The third-order valence-electron chi connectivity index (χ3n) is 5.43. The summed E-state index contributed by atoms with van der Waals surface area (Å²) in [5.74, 6) is 0.301. The molecule has 6 heteroatoms. The number of rotatable bonds is 5. The van der Waals surface area contributed by atoms with Crippen molar-refractivity contribution in [2.75, 3.05) is 20.6 Å². The molecule has 1 unspecified atom stereocenters. The van der Waals surface area contributed by atoms with Gasteiger partial charge in [0.05, 0.1) is 4.90 Å². The molecule has 0 radical (unpaired) electrons. The molecule has 28 heavy (non-hydrogen) atoms. The van der Waals surface area contributed by atoms with Crippen molar-refractivity contribution in [3.05, 3.63) is 29.8 Å². The van der Waals surface area contributed by atoms with E-state index in [9.17, 15) is 8.42 Å². The first-order valence-corrected chi connectivity index (χ1v) is 12.2. The first-order valence-electron chi connectivity index (χ1n) is 10.7. The maximum atomic E-state index is 12.7. The van der Waals surface area contributed by atoms with Crippen LogP contribution in [-0.2, 0) is 10.0 Å². The molecule has 0 amide bonds. The lowest BCUT2D eigenvalue weighted by Crippen LogP contribution is -2.30. The van der Waals surface area contributed by atoms with Gasteiger partial charge in [-0.2, -0.15) is 13.5 Å². The molecule has 1 N–H and O–H groups in total. The molecule has 0 saturated heterocycles. The Labute approximate surface area is 171 Å². The Morgan fingerprint density at radius 2 is 1.54 bits per heavy atom. The average Bonchev–Trinajstić information content (AvgIpc) is 2.63. The predicted molar refractivity (Wildman–Crippen MR) is 117 cm³/mol. The Balaban J connectivity index is 2.18. The van der Waals surface area contributed by atoms with Crippen LogP contribution in [-0.4, -0.2) is 39.7 Å². The molecule has 1 saturated carbocycles. The quantitative estimate of drug-likeness (QED) is 0.718. The number of hydrogen-bond donors (Lipinski definition) is 1. The maximum absolute atomic E-state index is 12.7. The molecular formula is C22H37N3O2S. The van der Waals surface area contributed by atoms with Gasteiger partial charge < -0.3 is 4.90 Å². The van der Waals surface area contributed by atoms with E-state index in [4.69, 9.17) is 0 Å². The van der Waals surface area contributed by atoms with Crippen molar-refractivity contribution in [3.63, 3.8) is 0 Å². The Bertz CT molecular complexity index is 712. The normalized spacial score (nSPS) is 21.9. The van der Waals surface area contributed by atoms with Gasteiger partial charge in [0.25, 0.3) is 10.0 Å². The van der Waals surface area contributed by atoms with Gasteiger partial charge in [0.15, 0.2) is 0 Å². The molecule has 0 bridgehead atoms. The van der Waals surface area contributed by atoms with Gasteiger partial charge in [0.2, 0.25) is 0 Å². The highest BCUT2D eigenvalue weighted by atomic mass is 32.2. The standard InChI is InChI=1S/C22H37N3O2S/c1-19-14-16-21(17-15-19)28(26,27)24-23-22-13-11-9-7-5-4-6-8-10-12-20(22)18-25(2)3/h14-17,20,24H,4-13,18H2,1-3H3/b23-22-. The van der Waals surface area contributed by atoms with Crippen molar-refractivity contribution in [2.45, 2.75) is 76.0 Å². The first kappa shape index (κ1) is 22.9. The summed E-state index contributed by atoms with van der Waals surface area (Å²) in [5, 5.41) is 4.47. The molecule has 2 rings (SSSR count). The van der Waals surface area contributed by atoms with Crippen molar-refractivity contribution in [1.82, 2.24) is 9.73 Å². The Morgan fingerprint density at radius 1 is 0.964 bits per heavy atom. The van der Waals surface area contributed by atoms with Crippen LogP contribution in [0.4, 0.5) is 0 Å². The Morgan fingerprint density at radius 3 is 2.14 bits per heavy atom. The van der Waals surface area contributed by atoms with Gasteiger partial charge in [-0.15, -0.1) is 0 Å². The molecule has 1 atom stereocenters. The molecule has 1 aromatic rings. The molecule has 1 fully saturated rings. The van der Waals surface area contributed by atoms with E-state index in [0.717, 1.165) is 37.1 Å². The Kier molecular flexibility index (Phi) is 9.45. The van der Waals surface area contributed by atoms with Gasteiger partial charge in [0, 0.05) is 18.2 Å². The molecule has 0 aliphatic heterocycles. The van der Waals surface area contributed by atoms with E-state index >= 15 is 0 Å². The molecule has 1 aliphatic rings. The van der Waals surface area contributed by atoms with Crippen molar-refractivity contribution in [1.29, 1.82) is 0 Å². The lowest BCUT2D eigenvalue weighted by atomic mass is 9.91. The maximum Gasteiger partial charge on any atom is 0.276 e. The van der Waals surface area contributed by atoms with Crippen LogP contribution in [0, 0.1) is 12.8 Å². The number of sulfonamides is 1. The second-order valence-corrected chi connectivity index (χ2v) is 10.00. The van der Waals surface area contributed by atoms with Gasteiger partial charge in [0.1, 0.15) is 0 Å². The molecule has 0 heterocycles. The third kappa shape index (κ3) is 7.92. The summed E-state index contributed by atoms with van der Waals surface area (Å²) < 4.78 is 25.3. The lowest BCUT2D eigenvalue weighted by molar-refractivity contribution is 0.349.